The van der Waals surface area contributed by atoms with Gasteiger partial charge in [0.1, 0.15) is 5.75 Å². The van der Waals surface area contributed by atoms with Crippen molar-refractivity contribution in [2.24, 2.45) is 0 Å². The van der Waals surface area contributed by atoms with Crippen LogP contribution in [0.15, 0.2) is 24.3 Å². The molecule has 0 spiro atoms. The fraction of sp³-hybridized carbons (Fsp3) is 0.429. The minimum atomic E-state index is -0.0696. The molecule has 0 unspecified atom stereocenters. The van der Waals surface area contributed by atoms with E-state index in [0.29, 0.717) is 50.3 Å². The summed E-state index contributed by atoms with van der Waals surface area (Å²) in [6, 6.07) is 7.19. The highest BCUT2D eigenvalue weighted by Crippen LogP contribution is 2.20. The molecule has 8 nitrogen and oxygen atoms in total. The number of hydrogen-bond donors (Lipinski definition) is 1. The van der Waals surface area contributed by atoms with Crippen LogP contribution in [-0.4, -0.2) is 64.9 Å². The van der Waals surface area contributed by atoms with Gasteiger partial charge in [0.15, 0.2) is 0 Å². The Balaban J connectivity index is 1.55. The minimum absolute atomic E-state index is 0.0696. The van der Waals surface area contributed by atoms with Crippen molar-refractivity contribution in [2.45, 2.75) is 26.7 Å². The first kappa shape index (κ1) is 20.6. The standard InChI is InChI=1S/C21H27N5O3/c1-14-16(15(2)24-21(22)23-14)8-9-19(27)25-10-12-26(13-11-25)20(28)17-6-4-5-7-18(17)29-3/h4-7H,8-13H2,1-3H3,(H2,22,23,24). The van der Waals surface area contributed by atoms with Crippen LogP contribution in [0.1, 0.15) is 33.7 Å². The molecule has 0 saturated carbocycles. The maximum absolute atomic E-state index is 12.8. The number of carbonyl (C=O) groups excluding carboxylic acids is 2. The van der Waals surface area contributed by atoms with Gasteiger partial charge in [-0.3, -0.25) is 9.59 Å². The highest BCUT2D eigenvalue weighted by Gasteiger charge is 2.26. The Kier molecular flexibility index (Phi) is 6.31. The van der Waals surface area contributed by atoms with Gasteiger partial charge >= 0.3 is 0 Å². The molecule has 1 aliphatic heterocycles. The van der Waals surface area contributed by atoms with Gasteiger partial charge in [-0.25, -0.2) is 9.97 Å². The van der Waals surface area contributed by atoms with E-state index in [1.165, 1.54) is 0 Å². The number of piperazine rings is 1. The Bertz CT molecular complexity index is 884. The van der Waals surface area contributed by atoms with E-state index in [-0.39, 0.29) is 17.8 Å². The molecule has 2 amide bonds. The third kappa shape index (κ3) is 4.64. The molecular formula is C21H27N5O3. The lowest BCUT2D eigenvalue weighted by molar-refractivity contribution is -0.132. The van der Waals surface area contributed by atoms with Crippen molar-refractivity contribution in [1.82, 2.24) is 19.8 Å². The number of benzene rings is 1. The van der Waals surface area contributed by atoms with Gasteiger partial charge in [0.05, 0.1) is 12.7 Å². The fourth-order valence-corrected chi connectivity index (χ4v) is 3.67. The number of hydrogen-bond acceptors (Lipinski definition) is 6. The van der Waals surface area contributed by atoms with Crippen LogP contribution in [0.5, 0.6) is 5.75 Å². The second kappa shape index (κ2) is 8.89. The highest BCUT2D eigenvalue weighted by atomic mass is 16.5. The van der Waals surface area contributed by atoms with Crippen molar-refractivity contribution in [1.29, 1.82) is 0 Å². The van der Waals surface area contributed by atoms with Crippen molar-refractivity contribution in [2.75, 3.05) is 39.0 Å². The SMILES string of the molecule is COc1ccccc1C(=O)N1CCN(C(=O)CCc2c(C)nc(N)nc2C)CC1. The van der Waals surface area contributed by atoms with E-state index in [2.05, 4.69) is 9.97 Å². The number of nitrogens with two attached hydrogens (primary N) is 1. The maximum Gasteiger partial charge on any atom is 0.257 e. The van der Waals surface area contributed by atoms with Crippen LogP contribution >= 0.6 is 0 Å². The van der Waals surface area contributed by atoms with Gasteiger partial charge in [-0.05, 0) is 38.0 Å². The number of ether oxygens (including phenoxy) is 1. The number of nitrogens with zero attached hydrogens (tertiary/aromatic N) is 4. The number of para-hydroxylation sites is 1. The summed E-state index contributed by atoms with van der Waals surface area (Å²) in [5, 5.41) is 0. The van der Waals surface area contributed by atoms with Crippen LogP contribution in [0.2, 0.25) is 0 Å². The number of anilines is 1. The van der Waals surface area contributed by atoms with Crippen LogP contribution in [0.4, 0.5) is 5.95 Å². The van der Waals surface area contributed by atoms with Crippen LogP contribution < -0.4 is 10.5 Å². The quantitative estimate of drug-likeness (QED) is 0.822. The molecule has 1 aliphatic rings. The molecule has 2 N–H and O–H groups in total. The lowest BCUT2D eigenvalue weighted by Gasteiger charge is -2.35. The van der Waals surface area contributed by atoms with Crippen molar-refractivity contribution in [3.63, 3.8) is 0 Å². The number of aryl methyl sites for hydroxylation is 2. The molecule has 1 aromatic heterocycles. The first-order valence-corrected chi connectivity index (χ1v) is 9.70. The van der Waals surface area contributed by atoms with Gasteiger partial charge in [-0.15, -0.1) is 0 Å². The molecule has 0 bridgehead atoms. The van der Waals surface area contributed by atoms with Crippen molar-refractivity contribution in [3.8, 4) is 5.75 Å². The third-order valence-electron chi connectivity index (χ3n) is 5.28. The lowest BCUT2D eigenvalue weighted by atomic mass is 10.1. The van der Waals surface area contributed by atoms with Crippen molar-refractivity contribution in [3.05, 3.63) is 46.8 Å². The summed E-state index contributed by atoms with van der Waals surface area (Å²) in [7, 11) is 1.55. The molecule has 29 heavy (non-hydrogen) atoms. The van der Waals surface area contributed by atoms with Gasteiger partial charge in [-0.1, -0.05) is 12.1 Å². The molecular weight excluding hydrogens is 370 g/mol. The second-order valence-electron chi connectivity index (χ2n) is 7.10. The average Bonchev–Trinajstić information content (AvgIpc) is 2.72. The van der Waals surface area contributed by atoms with Gasteiger partial charge in [0.25, 0.3) is 5.91 Å². The van der Waals surface area contributed by atoms with E-state index >= 15 is 0 Å². The van der Waals surface area contributed by atoms with Gasteiger partial charge in [-0.2, -0.15) is 0 Å². The normalized spacial score (nSPS) is 14.0. The van der Waals surface area contributed by atoms with E-state index in [1.54, 1.807) is 24.1 Å². The smallest absolute Gasteiger partial charge is 0.257 e. The molecule has 0 aliphatic carbocycles. The van der Waals surface area contributed by atoms with Gasteiger partial charge in [0, 0.05) is 44.0 Å². The number of rotatable bonds is 5. The van der Waals surface area contributed by atoms with E-state index < -0.39 is 0 Å². The summed E-state index contributed by atoms with van der Waals surface area (Å²) in [6.07, 6.45) is 0.965. The summed E-state index contributed by atoms with van der Waals surface area (Å²) < 4.78 is 5.29. The zero-order valence-corrected chi connectivity index (χ0v) is 17.1. The summed E-state index contributed by atoms with van der Waals surface area (Å²) in [5.74, 6) is 0.822. The minimum Gasteiger partial charge on any atom is -0.496 e. The van der Waals surface area contributed by atoms with E-state index in [9.17, 15) is 9.59 Å². The Morgan fingerprint density at radius 1 is 1.03 bits per heavy atom. The topological polar surface area (TPSA) is 102 Å². The van der Waals surface area contributed by atoms with Crippen LogP contribution in [-0.2, 0) is 11.2 Å². The highest BCUT2D eigenvalue weighted by molar-refractivity contribution is 5.97. The predicted molar refractivity (Wildman–Crippen MR) is 110 cm³/mol. The molecule has 154 valence electrons. The molecule has 8 heteroatoms. The largest absolute Gasteiger partial charge is 0.496 e. The fourth-order valence-electron chi connectivity index (χ4n) is 3.67. The Morgan fingerprint density at radius 3 is 2.24 bits per heavy atom. The predicted octanol–water partition coefficient (Wildman–Crippen LogP) is 1.60. The summed E-state index contributed by atoms with van der Waals surface area (Å²) in [5.41, 5.74) is 8.81. The summed E-state index contributed by atoms with van der Waals surface area (Å²) >= 11 is 0. The number of amides is 2. The molecule has 0 atom stereocenters. The molecule has 1 aromatic carbocycles. The molecule has 2 aromatic rings. The van der Waals surface area contributed by atoms with Crippen molar-refractivity contribution < 1.29 is 14.3 Å². The zero-order chi connectivity index (χ0) is 21.0. The van der Waals surface area contributed by atoms with E-state index in [4.69, 9.17) is 10.5 Å². The molecule has 1 saturated heterocycles. The number of aromatic nitrogens is 2. The molecule has 2 heterocycles. The Morgan fingerprint density at radius 2 is 1.62 bits per heavy atom. The number of nitrogen functional groups attached to an aromatic ring is 1. The van der Waals surface area contributed by atoms with Crippen LogP contribution in [0, 0.1) is 13.8 Å². The maximum atomic E-state index is 12.8. The molecule has 3 rings (SSSR count). The Hall–Kier alpha value is -3.16. The zero-order valence-electron chi connectivity index (χ0n) is 17.1. The van der Waals surface area contributed by atoms with Gasteiger partial charge in [0.2, 0.25) is 11.9 Å². The van der Waals surface area contributed by atoms with Crippen molar-refractivity contribution >= 4 is 17.8 Å². The van der Waals surface area contributed by atoms with E-state index in [1.807, 2.05) is 30.9 Å². The first-order valence-electron chi connectivity index (χ1n) is 9.70. The van der Waals surface area contributed by atoms with Gasteiger partial charge < -0.3 is 20.3 Å². The first-order chi connectivity index (χ1) is 13.9. The molecule has 0 radical (unpaired) electrons. The third-order valence-corrected chi connectivity index (χ3v) is 5.28. The summed E-state index contributed by atoms with van der Waals surface area (Å²) in [4.78, 5) is 37.4. The van der Waals surface area contributed by atoms with E-state index in [0.717, 1.165) is 17.0 Å². The monoisotopic (exact) mass is 397 g/mol. The summed E-state index contributed by atoms with van der Waals surface area (Å²) in [6.45, 7) is 5.82. The average molecular weight is 397 g/mol. The Labute approximate surface area is 170 Å². The van der Waals surface area contributed by atoms with Crippen LogP contribution in [0.25, 0.3) is 0 Å². The number of methoxy groups -OCH3 is 1. The lowest BCUT2D eigenvalue weighted by Crippen LogP contribution is -2.50. The van der Waals surface area contributed by atoms with Crippen LogP contribution in [0.3, 0.4) is 0 Å². The number of carbonyl (C=O) groups is 2. The molecule has 1 fully saturated rings. The second-order valence-corrected chi connectivity index (χ2v) is 7.10.